The predicted octanol–water partition coefficient (Wildman–Crippen LogP) is 2.83. The van der Waals surface area contributed by atoms with E-state index in [0.29, 0.717) is 5.56 Å². The van der Waals surface area contributed by atoms with E-state index in [-0.39, 0.29) is 11.9 Å². The van der Waals surface area contributed by atoms with Gasteiger partial charge in [0.2, 0.25) is 0 Å². The van der Waals surface area contributed by atoms with Gasteiger partial charge >= 0.3 is 0 Å². The Morgan fingerprint density at radius 1 is 1.37 bits per heavy atom. The fourth-order valence-corrected chi connectivity index (χ4v) is 2.63. The van der Waals surface area contributed by atoms with Gasteiger partial charge in [-0.3, -0.25) is 10.6 Å². The number of amides is 1. The second-order valence-electron chi connectivity index (χ2n) is 4.38. The molecule has 0 aliphatic rings. The first-order chi connectivity index (χ1) is 9.11. The van der Waals surface area contributed by atoms with Crippen molar-refractivity contribution in [2.45, 2.75) is 19.9 Å². The summed E-state index contributed by atoms with van der Waals surface area (Å²) in [5.74, 6) is 5.27. The van der Waals surface area contributed by atoms with Gasteiger partial charge in [0.25, 0.3) is 5.91 Å². The van der Waals surface area contributed by atoms with E-state index >= 15 is 0 Å². The molecule has 2 rings (SSSR count). The Bertz CT molecular complexity index is 566. The number of rotatable bonds is 4. The van der Waals surface area contributed by atoms with Gasteiger partial charge < -0.3 is 10.7 Å². The van der Waals surface area contributed by atoms with E-state index in [1.54, 1.807) is 23.5 Å². The van der Waals surface area contributed by atoms with Crippen LogP contribution in [-0.2, 0) is 0 Å². The summed E-state index contributed by atoms with van der Waals surface area (Å²) in [4.78, 5) is 13.4. The van der Waals surface area contributed by atoms with E-state index in [1.807, 2.05) is 37.4 Å². The van der Waals surface area contributed by atoms with Crippen LogP contribution >= 0.6 is 11.3 Å². The van der Waals surface area contributed by atoms with Gasteiger partial charge in [0.1, 0.15) is 0 Å². The Kier molecular flexibility index (Phi) is 4.19. The lowest BCUT2D eigenvalue weighted by atomic mass is 10.1. The molecule has 1 aromatic heterocycles. The molecule has 0 radical (unpaired) electrons. The van der Waals surface area contributed by atoms with Crippen molar-refractivity contribution in [3.05, 3.63) is 51.7 Å². The number of hydrogen-bond donors (Lipinski definition) is 3. The van der Waals surface area contributed by atoms with E-state index in [0.717, 1.165) is 16.1 Å². The van der Waals surface area contributed by atoms with E-state index < -0.39 is 0 Å². The van der Waals surface area contributed by atoms with Crippen molar-refractivity contribution in [3.8, 4) is 0 Å². The molecule has 0 fully saturated rings. The molecule has 0 aliphatic carbocycles. The summed E-state index contributed by atoms with van der Waals surface area (Å²) in [5, 5.41) is 5.00. The van der Waals surface area contributed by atoms with Gasteiger partial charge in [-0.2, -0.15) is 0 Å². The summed E-state index contributed by atoms with van der Waals surface area (Å²) in [5.41, 5.74) is 4.92. The van der Waals surface area contributed by atoms with Crippen molar-refractivity contribution in [2.75, 3.05) is 5.43 Å². The molecule has 0 saturated carbocycles. The molecule has 1 atom stereocenters. The summed E-state index contributed by atoms with van der Waals surface area (Å²) in [6, 6.07) is 9.43. The molecule has 1 heterocycles. The molecular formula is C14H17N3OS. The van der Waals surface area contributed by atoms with Gasteiger partial charge in [-0.05, 0) is 49.1 Å². The first-order valence-electron chi connectivity index (χ1n) is 6.03. The zero-order chi connectivity index (χ0) is 13.8. The molecule has 100 valence electrons. The zero-order valence-electron chi connectivity index (χ0n) is 10.9. The maximum absolute atomic E-state index is 12.2. The molecule has 0 bridgehead atoms. The monoisotopic (exact) mass is 275 g/mol. The molecular weight excluding hydrogens is 258 g/mol. The van der Waals surface area contributed by atoms with E-state index in [2.05, 4.69) is 10.7 Å². The van der Waals surface area contributed by atoms with Crippen LogP contribution in [-0.4, -0.2) is 5.91 Å². The minimum atomic E-state index is -0.0676. The molecule has 1 unspecified atom stereocenters. The van der Waals surface area contributed by atoms with Gasteiger partial charge in [-0.25, -0.2) is 0 Å². The van der Waals surface area contributed by atoms with Crippen molar-refractivity contribution < 1.29 is 4.79 Å². The Labute approximate surface area is 116 Å². The number of carbonyl (C=O) groups excluding carboxylic acids is 1. The highest BCUT2D eigenvalue weighted by Gasteiger charge is 2.14. The molecule has 19 heavy (non-hydrogen) atoms. The standard InChI is InChI=1S/C14H17N3OS/c1-9-8-11(17-15)5-6-12(9)14(18)16-10(2)13-4-3-7-19-13/h3-8,10,17H,15H2,1-2H3,(H,16,18). The third kappa shape index (κ3) is 3.13. The van der Waals surface area contributed by atoms with Gasteiger partial charge in [0.05, 0.1) is 6.04 Å². The Hall–Kier alpha value is -1.85. The fraction of sp³-hybridized carbons (Fsp3) is 0.214. The number of hydrazine groups is 1. The summed E-state index contributed by atoms with van der Waals surface area (Å²) in [6.45, 7) is 3.88. The SMILES string of the molecule is Cc1cc(NN)ccc1C(=O)NC(C)c1cccs1. The van der Waals surface area contributed by atoms with Gasteiger partial charge in [-0.1, -0.05) is 6.07 Å². The molecule has 4 nitrogen and oxygen atoms in total. The quantitative estimate of drug-likeness (QED) is 0.593. The van der Waals surface area contributed by atoms with Crippen LogP contribution in [0.25, 0.3) is 0 Å². The Morgan fingerprint density at radius 2 is 2.16 bits per heavy atom. The third-order valence-electron chi connectivity index (χ3n) is 2.96. The van der Waals surface area contributed by atoms with Crippen LogP contribution in [0, 0.1) is 6.92 Å². The van der Waals surface area contributed by atoms with Crippen LogP contribution in [0.5, 0.6) is 0 Å². The number of nitrogens with one attached hydrogen (secondary N) is 2. The first-order valence-corrected chi connectivity index (χ1v) is 6.91. The molecule has 0 saturated heterocycles. The number of aryl methyl sites for hydroxylation is 1. The molecule has 5 heteroatoms. The summed E-state index contributed by atoms with van der Waals surface area (Å²) in [7, 11) is 0. The Morgan fingerprint density at radius 3 is 2.74 bits per heavy atom. The number of hydrogen-bond acceptors (Lipinski definition) is 4. The van der Waals surface area contributed by atoms with Gasteiger partial charge in [0, 0.05) is 16.1 Å². The van der Waals surface area contributed by atoms with Crippen LogP contribution in [0.4, 0.5) is 5.69 Å². The topological polar surface area (TPSA) is 67.1 Å². The van der Waals surface area contributed by atoms with Crippen molar-refractivity contribution in [1.29, 1.82) is 0 Å². The molecule has 0 spiro atoms. The lowest BCUT2D eigenvalue weighted by molar-refractivity contribution is 0.0940. The average molecular weight is 275 g/mol. The van der Waals surface area contributed by atoms with E-state index in [4.69, 9.17) is 5.84 Å². The summed E-state index contributed by atoms with van der Waals surface area (Å²) in [6.07, 6.45) is 0. The zero-order valence-corrected chi connectivity index (χ0v) is 11.8. The van der Waals surface area contributed by atoms with Crippen molar-refractivity contribution in [1.82, 2.24) is 5.32 Å². The number of carbonyl (C=O) groups is 1. The first kappa shape index (κ1) is 13.6. The van der Waals surface area contributed by atoms with Crippen molar-refractivity contribution in [2.24, 2.45) is 5.84 Å². The maximum atomic E-state index is 12.2. The normalized spacial score (nSPS) is 11.9. The molecule has 1 aromatic carbocycles. The van der Waals surface area contributed by atoms with Crippen LogP contribution < -0.4 is 16.6 Å². The minimum Gasteiger partial charge on any atom is -0.345 e. The van der Waals surface area contributed by atoms with Crippen LogP contribution in [0.1, 0.15) is 33.8 Å². The predicted molar refractivity (Wildman–Crippen MR) is 79.2 cm³/mol. The smallest absolute Gasteiger partial charge is 0.252 e. The number of nitrogens with two attached hydrogens (primary N) is 1. The fourth-order valence-electron chi connectivity index (χ4n) is 1.89. The maximum Gasteiger partial charge on any atom is 0.252 e. The van der Waals surface area contributed by atoms with Crippen molar-refractivity contribution in [3.63, 3.8) is 0 Å². The van der Waals surface area contributed by atoms with Crippen LogP contribution in [0.2, 0.25) is 0 Å². The van der Waals surface area contributed by atoms with E-state index in [9.17, 15) is 4.79 Å². The number of thiophene rings is 1. The third-order valence-corrected chi connectivity index (χ3v) is 4.01. The molecule has 1 amide bonds. The van der Waals surface area contributed by atoms with Crippen molar-refractivity contribution >= 4 is 22.9 Å². The number of nitrogen functional groups attached to an aromatic ring is 1. The highest BCUT2D eigenvalue weighted by Crippen LogP contribution is 2.20. The molecule has 0 aliphatic heterocycles. The lowest BCUT2D eigenvalue weighted by Gasteiger charge is -2.14. The highest BCUT2D eigenvalue weighted by atomic mass is 32.1. The number of anilines is 1. The average Bonchev–Trinajstić information content (AvgIpc) is 2.92. The molecule has 4 N–H and O–H groups in total. The summed E-state index contributed by atoms with van der Waals surface area (Å²) >= 11 is 1.64. The van der Waals surface area contributed by atoms with Crippen LogP contribution in [0.15, 0.2) is 35.7 Å². The second-order valence-corrected chi connectivity index (χ2v) is 5.36. The largest absolute Gasteiger partial charge is 0.345 e. The van der Waals surface area contributed by atoms with Gasteiger partial charge in [-0.15, -0.1) is 11.3 Å². The van der Waals surface area contributed by atoms with Gasteiger partial charge in [0.15, 0.2) is 0 Å². The van der Waals surface area contributed by atoms with E-state index in [1.165, 1.54) is 0 Å². The second kappa shape index (κ2) is 5.86. The van der Waals surface area contributed by atoms with Crippen LogP contribution in [0.3, 0.4) is 0 Å². The number of benzene rings is 1. The molecule has 2 aromatic rings. The Balaban J connectivity index is 2.12. The lowest BCUT2D eigenvalue weighted by Crippen LogP contribution is -2.26. The minimum absolute atomic E-state index is 0.0132. The highest BCUT2D eigenvalue weighted by molar-refractivity contribution is 7.10. The summed E-state index contributed by atoms with van der Waals surface area (Å²) < 4.78 is 0.